The van der Waals surface area contributed by atoms with Crippen molar-refractivity contribution >= 4 is 31.9 Å². The van der Waals surface area contributed by atoms with E-state index in [9.17, 15) is 0 Å². The first kappa shape index (κ1) is 15.1. The van der Waals surface area contributed by atoms with Crippen molar-refractivity contribution in [3.8, 4) is 5.75 Å². The third-order valence-corrected chi connectivity index (χ3v) is 5.47. The normalized spacial score (nSPS) is 16.3. The molecule has 1 aliphatic rings. The number of methoxy groups -OCH3 is 1. The van der Waals surface area contributed by atoms with Gasteiger partial charge in [-0.05, 0) is 47.9 Å². The van der Waals surface area contributed by atoms with Gasteiger partial charge in [0.2, 0.25) is 0 Å². The average molecular weight is 411 g/mol. The van der Waals surface area contributed by atoms with E-state index in [1.807, 2.05) is 6.07 Å². The van der Waals surface area contributed by atoms with Gasteiger partial charge in [-0.25, -0.2) is 0 Å². The summed E-state index contributed by atoms with van der Waals surface area (Å²) < 4.78 is 7.62. The van der Waals surface area contributed by atoms with E-state index in [1.165, 1.54) is 11.1 Å². The SMILES string of the molecule is COc1ccc(Br)c(CC2(c3ccc(Br)cc3)CNC2)c1. The van der Waals surface area contributed by atoms with Gasteiger partial charge in [-0.1, -0.05) is 44.0 Å². The highest BCUT2D eigenvalue weighted by Crippen LogP contribution is 2.36. The largest absolute Gasteiger partial charge is 0.497 e. The fourth-order valence-electron chi connectivity index (χ4n) is 2.84. The Morgan fingerprint density at radius 1 is 1.10 bits per heavy atom. The number of benzene rings is 2. The molecule has 1 fully saturated rings. The number of rotatable bonds is 4. The summed E-state index contributed by atoms with van der Waals surface area (Å²) in [5, 5.41) is 3.43. The Balaban J connectivity index is 1.92. The van der Waals surface area contributed by atoms with Crippen LogP contribution in [0.4, 0.5) is 0 Å². The molecule has 3 rings (SSSR count). The van der Waals surface area contributed by atoms with Crippen molar-refractivity contribution < 1.29 is 4.74 Å². The van der Waals surface area contributed by atoms with E-state index in [2.05, 4.69) is 73.6 Å². The van der Waals surface area contributed by atoms with E-state index in [4.69, 9.17) is 4.74 Å². The average Bonchev–Trinajstić information content (AvgIpc) is 2.46. The lowest BCUT2D eigenvalue weighted by atomic mass is 9.71. The maximum atomic E-state index is 5.35. The molecule has 1 heterocycles. The minimum atomic E-state index is 0.176. The van der Waals surface area contributed by atoms with Crippen LogP contribution in [0.1, 0.15) is 11.1 Å². The van der Waals surface area contributed by atoms with Crippen LogP contribution in [0.25, 0.3) is 0 Å². The van der Waals surface area contributed by atoms with Gasteiger partial charge in [0, 0.05) is 27.4 Å². The van der Waals surface area contributed by atoms with Crippen molar-refractivity contribution in [2.45, 2.75) is 11.8 Å². The van der Waals surface area contributed by atoms with Crippen LogP contribution >= 0.6 is 31.9 Å². The first-order valence-electron chi connectivity index (χ1n) is 6.92. The van der Waals surface area contributed by atoms with Crippen molar-refractivity contribution in [1.29, 1.82) is 0 Å². The van der Waals surface area contributed by atoms with E-state index >= 15 is 0 Å². The molecule has 1 aliphatic heterocycles. The van der Waals surface area contributed by atoms with E-state index in [1.54, 1.807) is 7.11 Å². The third-order valence-electron chi connectivity index (χ3n) is 4.17. The van der Waals surface area contributed by atoms with Gasteiger partial charge in [0.25, 0.3) is 0 Å². The second-order valence-electron chi connectivity index (χ2n) is 5.52. The topological polar surface area (TPSA) is 21.3 Å². The van der Waals surface area contributed by atoms with Gasteiger partial charge in [-0.2, -0.15) is 0 Å². The van der Waals surface area contributed by atoms with Crippen molar-refractivity contribution in [2.75, 3.05) is 20.2 Å². The molecule has 4 heteroatoms. The minimum Gasteiger partial charge on any atom is -0.497 e. The Kier molecular flexibility index (Phi) is 4.38. The van der Waals surface area contributed by atoms with Crippen molar-refractivity contribution in [3.63, 3.8) is 0 Å². The quantitative estimate of drug-likeness (QED) is 0.810. The molecule has 0 aliphatic carbocycles. The molecule has 0 atom stereocenters. The summed E-state index contributed by atoms with van der Waals surface area (Å²) in [6.07, 6.45) is 0.999. The predicted molar refractivity (Wildman–Crippen MR) is 93.1 cm³/mol. The molecule has 110 valence electrons. The summed E-state index contributed by atoms with van der Waals surface area (Å²) in [6, 6.07) is 14.9. The fourth-order valence-corrected chi connectivity index (χ4v) is 3.49. The zero-order chi connectivity index (χ0) is 14.9. The zero-order valence-corrected chi connectivity index (χ0v) is 15.0. The number of hydrogen-bond acceptors (Lipinski definition) is 2. The van der Waals surface area contributed by atoms with Crippen LogP contribution in [0.2, 0.25) is 0 Å². The molecule has 2 aromatic rings. The zero-order valence-electron chi connectivity index (χ0n) is 11.8. The maximum Gasteiger partial charge on any atom is 0.119 e. The Hall–Kier alpha value is -0.840. The van der Waals surface area contributed by atoms with Gasteiger partial charge in [0.05, 0.1) is 7.11 Å². The Morgan fingerprint density at radius 2 is 1.81 bits per heavy atom. The highest BCUT2D eigenvalue weighted by molar-refractivity contribution is 9.10. The molecule has 2 nitrogen and oxygen atoms in total. The fraction of sp³-hybridized carbons (Fsp3) is 0.294. The van der Waals surface area contributed by atoms with Crippen LogP contribution in [0, 0.1) is 0 Å². The highest BCUT2D eigenvalue weighted by atomic mass is 79.9. The molecule has 2 aromatic carbocycles. The molecule has 21 heavy (non-hydrogen) atoms. The molecular weight excluding hydrogens is 394 g/mol. The standard InChI is InChI=1S/C17H17Br2NO/c1-21-15-6-7-16(19)12(8-15)9-17(10-20-11-17)13-2-4-14(18)5-3-13/h2-8,20H,9-11H2,1H3. The second-order valence-corrected chi connectivity index (χ2v) is 7.29. The molecule has 0 radical (unpaired) electrons. The van der Waals surface area contributed by atoms with Crippen LogP contribution in [0.3, 0.4) is 0 Å². The molecule has 0 bridgehead atoms. The van der Waals surface area contributed by atoms with Crippen LogP contribution in [-0.2, 0) is 11.8 Å². The van der Waals surface area contributed by atoms with Crippen LogP contribution < -0.4 is 10.1 Å². The molecule has 0 aromatic heterocycles. The summed E-state index contributed by atoms with van der Waals surface area (Å²) in [7, 11) is 1.71. The second kappa shape index (κ2) is 6.11. The van der Waals surface area contributed by atoms with Gasteiger partial charge in [-0.3, -0.25) is 0 Å². The van der Waals surface area contributed by atoms with E-state index in [0.717, 1.165) is 34.2 Å². The summed E-state index contributed by atoms with van der Waals surface area (Å²) in [6.45, 7) is 2.02. The van der Waals surface area contributed by atoms with Crippen LogP contribution in [-0.4, -0.2) is 20.2 Å². The van der Waals surface area contributed by atoms with Crippen molar-refractivity contribution in [3.05, 3.63) is 62.5 Å². The molecule has 1 N–H and O–H groups in total. The first-order valence-corrected chi connectivity index (χ1v) is 8.51. The summed E-state index contributed by atoms with van der Waals surface area (Å²) in [5.74, 6) is 0.909. The van der Waals surface area contributed by atoms with Crippen molar-refractivity contribution in [1.82, 2.24) is 5.32 Å². The Morgan fingerprint density at radius 3 is 2.38 bits per heavy atom. The van der Waals surface area contributed by atoms with Crippen LogP contribution in [0.15, 0.2) is 51.4 Å². The van der Waals surface area contributed by atoms with Gasteiger partial charge in [0.1, 0.15) is 5.75 Å². The molecule has 0 saturated carbocycles. The lowest BCUT2D eigenvalue weighted by Crippen LogP contribution is -2.58. The smallest absolute Gasteiger partial charge is 0.119 e. The van der Waals surface area contributed by atoms with Crippen molar-refractivity contribution in [2.24, 2.45) is 0 Å². The van der Waals surface area contributed by atoms with E-state index in [-0.39, 0.29) is 5.41 Å². The predicted octanol–water partition coefficient (Wildman–Crippen LogP) is 4.30. The number of ether oxygens (including phenoxy) is 1. The minimum absolute atomic E-state index is 0.176. The van der Waals surface area contributed by atoms with Gasteiger partial charge in [-0.15, -0.1) is 0 Å². The molecule has 0 amide bonds. The monoisotopic (exact) mass is 409 g/mol. The van der Waals surface area contributed by atoms with Gasteiger partial charge < -0.3 is 10.1 Å². The van der Waals surface area contributed by atoms with Crippen LogP contribution in [0.5, 0.6) is 5.75 Å². The molecule has 0 unspecified atom stereocenters. The Labute approximate surface area is 142 Å². The van der Waals surface area contributed by atoms with E-state index in [0.29, 0.717) is 0 Å². The first-order chi connectivity index (χ1) is 10.1. The summed E-state index contributed by atoms with van der Waals surface area (Å²) in [5.41, 5.74) is 2.85. The molecule has 0 spiro atoms. The molecular formula is C17H17Br2NO. The van der Waals surface area contributed by atoms with E-state index < -0.39 is 0 Å². The maximum absolute atomic E-state index is 5.35. The lowest BCUT2D eigenvalue weighted by molar-refractivity contribution is 0.274. The lowest BCUT2D eigenvalue weighted by Gasteiger charge is -2.43. The highest BCUT2D eigenvalue weighted by Gasteiger charge is 2.39. The van der Waals surface area contributed by atoms with Gasteiger partial charge in [0.15, 0.2) is 0 Å². The Bertz CT molecular complexity index is 636. The third kappa shape index (κ3) is 3.03. The summed E-state index contributed by atoms with van der Waals surface area (Å²) >= 11 is 7.18. The molecule has 1 saturated heterocycles. The number of hydrogen-bond donors (Lipinski definition) is 1. The summed E-state index contributed by atoms with van der Waals surface area (Å²) in [4.78, 5) is 0. The number of halogens is 2. The van der Waals surface area contributed by atoms with Gasteiger partial charge >= 0.3 is 0 Å². The number of nitrogens with one attached hydrogen (secondary N) is 1.